The van der Waals surface area contributed by atoms with Crippen molar-refractivity contribution >= 4 is 78.2 Å². The van der Waals surface area contributed by atoms with E-state index in [-0.39, 0.29) is 17.1 Å². The summed E-state index contributed by atoms with van der Waals surface area (Å²) in [5, 5.41) is 15.4. The minimum Gasteiger partial charge on any atom is -0.506 e. The van der Waals surface area contributed by atoms with E-state index in [0.29, 0.717) is 36.8 Å². The second-order valence-electron chi connectivity index (χ2n) is 6.94. The number of carbonyl (C=O) groups excluding carboxylic acids is 1. The van der Waals surface area contributed by atoms with E-state index in [2.05, 4.69) is 47.4 Å². The van der Waals surface area contributed by atoms with Crippen molar-refractivity contribution in [1.82, 2.24) is 15.0 Å². The van der Waals surface area contributed by atoms with Crippen molar-refractivity contribution in [1.29, 1.82) is 0 Å². The molecule has 4 aromatic rings. The van der Waals surface area contributed by atoms with E-state index >= 15 is 0 Å². The van der Waals surface area contributed by atoms with Crippen LogP contribution in [0.3, 0.4) is 0 Å². The molecule has 34 heavy (non-hydrogen) atoms. The molecule has 0 fully saturated rings. The number of hydrogen-bond donors (Lipinski definition) is 2. The molecule has 1 heterocycles. The first kappa shape index (κ1) is 24.5. The van der Waals surface area contributed by atoms with Crippen molar-refractivity contribution < 1.29 is 9.90 Å². The van der Waals surface area contributed by atoms with E-state index in [1.807, 2.05) is 0 Å². The Bertz CT molecular complexity index is 1480. The van der Waals surface area contributed by atoms with Crippen LogP contribution in [0.1, 0.15) is 5.56 Å². The molecule has 11 heteroatoms. The summed E-state index contributed by atoms with van der Waals surface area (Å²) in [5.74, 6) is -0.438. The zero-order chi connectivity index (χ0) is 24.2. The van der Waals surface area contributed by atoms with Crippen LogP contribution in [0, 0.1) is 0 Å². The molecule has 3 aromatic carbocycles. The molecular formula is C23H15Br2ClN4O3S. The highest BCUT2D eigenvalue weighted by Crippen LogP contribution is 2.30. The Morgan fingerprint density at radius 1 is 1.18 bits per heavy atom. The number of carbonyl (C=O) groups is 1. The number of halogens is 3. The van der Waals surface area contributed by atoms with Crippen molar-refractivity contribution in [3.63, 3.8) is 0 Å². The van der Waals surface area contributed by atoms with Crippen molar-refractivity contribution in [2.45, 2.75) is 5.16 Å². The van der Waals surface area contributed by atoms with Crippen LogP contribution in [0.2, 0.25) is 5.02 Å². The topological polar surface area (TPSA) is 96.6 Å². The number of para-hydroxylation sites is 1. The van der Waals surface area contributed by atoms with Crippen LogP contribution < -0.4 is 11.0 Å². The molecule has 2 N–H and O–H groups in total. The minimum atomic E-state index is -0.403. The molecule has 1 aromatic heterocycles. The van der Waals surface area contributed by atoms with E-state index in [1.165, 1.54) is 10.8 Å². The average molecular weight is 623 g/mol. The fraction of sp³-hybridized carbons (Fsp3) is 0.0435. The van der Waals surface area contributed by atoms with Gasteiger partial charge in [0.25, 0.3) is 11.5 Å². The molecule has 4 rings (SSSR count). The lowest BCUT2D eigenvalue weighted by molar-refractivity contribution is -0.118. The molecule has 0 atom stereocenters. The van der Waals surface area contributed by atoms with Gasteiger partial charge in [0.2, 0.25) is 0 Å². The van der Waals surface area contributed by atoms with E-state index in [1.54, 1.807) is 60.7 Å². The Morgan fingerprint density at radius 3 is 2.68 bits per heavy atom. The number of aromatic hydroxyl groups is 1. The monoisotopic (exact) mass is 620 g/mol. The smallest absolute Gasteiger partial charge is 0.266 e. The number of phenolic OH excluding ortho intramolecular Hbond substituents is 1. The SMILES string of the molecule is O=C(CSc1nc2ccccc2c(=O)n1-c1ccc(Cl)cc1)N/N=C/c1cc(Br)cc(Br)c1O. The van der Waals surface area contributed by atoms with Gasteiger partial charge < -0.3 is 5.11 Å². The van der Waals surface area contributed by atoms with Crippen LogP contribution in [-0.2, 0) is 4.79 Å². The maximum Gasteiger partial charge on any atom is 0.266 e. The molecule has 0 bridgehead atoms. The number of nitrogens with zero attached hydrogens (tertiary/aromatic N) is 3. The number of nitrogens with one attached hydrogen (secondary N) is 1. The Kier molecular flexibility index (Phi) is 7.72. The Morgan fingerprint density at radius 2 is 1.91 bits per heavy atom. The predicted octanol–water partition coefficient (Wildman–Crippen LogP) is 5.51. The Balaban J connectivity index is 1.56. The van der Waals surface area contributed by atoms with Crippen LogP contribution >= 0.6 is 55.2 Å². The first-order chi connectivity index (χ1) is 16.3. The molecule has 1 amide bonds. The fourth-order valence-electron chi connectivity index (χ4n) is 3.05. The number of amides is 1. The number of hydrogen-bond acceptors (Lipinski definition) is 6. The first-order valence-corrected chi connectivity index (χ1v) is 12.7. The molecule has 0 aliphatic carbocycles. The Hall–Kier alpha value is -2.66. The average Bonchev–Trinajstić information content (AvgIpc) is 2.82. The van der Waals surface area contributed by atoms with Crippen LogP contribution in [0.4, 0.5) is 0 Å². The van der Waals surface area contributed by atoms with Crippen LogP contribution in [0.25, 0.3) is 16.6 Å². The lowest BCUT2D eigenvalue weighted by Crippen LogP contribution is -2.24. The highest BCUT2D eigenvalue weighted by Gasteiger charge is 2.15. The second kappa shape index (κ2) is 10.7. The third-order valence-electron chi connectivity index (χ3n) is 4.61. The summed E-state index contributed by atoms with van der Waals surface area (Å²) in [4.78, 5) is 30.2. The third-order valence-corrected chi connectivity index (χ3v) is 6.87. The molecule has 0 aliphatic heterocycles. The molecular weight excluding hydrogens is 608 g/mol. The van der Waals surface area contributed by atoms with Gasteiger partial charge in [-0.1, -0.05) is 51.4 Å². The molecule has 7 nitrogen and oxygen atoms in total. The molecule has 0 radical (unpaired) electrons. The van der Waals surface area contributed by atoms with Gasteiger partial charge in [-0.25, -0.2) is 10.4 Å². The van der Waals surface area contributed by atoms with Crippen LogP contribution in [-0.4, -0.2) is 32.5 Å². The van der Waals surface area contributed by atoms with Gasteiger partial charge in [0, 0.05) is 15.1 Å². The maximum atomic E-state index is 13.2. The van der Waals surface area contributed by atoms with Crippen molar-refractivity contribution in [3.05, 3.63) is 90.5 Å². The van der Waals surface area contributed by atoms with Gasteiger partial charge in [-0.15, -0.1) is 0 Å². The summed E-state index contributed by atoms with van der Waals surface area (Å²) in [6.45, 7) is 0. The number of fused-ring (bicyclic) bond motifs is 1. The molecule has 0 saturated heterocycles. The van der Waals surface area contributed by atoms with Crippen molar-refractivity contribution in [2.24, 2.45) is 5.10 Å². The quantitative estimate of drug-likeness (QED) is 0.128. The summed E-state index contributed by atoms with van der Waals surface area (Å²) in [6, 6.07) is 17.2. The lowest BCUT2D eigenvalue weighted by atomic mass is 10.2. The number of rotatable bonds is 6. The Labute approximate surface area is 220 Å². The summed E-state index contributed by atoms with van der Waals surface area (Å²) in [5.41, 5.74) is 3.72. The predicted molar refractivity (Wildman–Crippen MR) is 142 cm³/mol. The van der Waals surface area contributed by atoms with Gasteiger partial charge in [0.05, 0.1) is 33.0 Å². The van der Waals surface area contributed by atoms with Crippen molar-refractivity contribution in [3.8, 4) is 11.4 Å². The number of aromatic nitrogens is 2. The maximum absolute atomic E-state index is 13.2. The number of thioether (sulfide) groups is 1. The molecule has 0 spiro atoms. The van der Waals surface area contributed by atoms with E-state index in [0.717, 1.165) is 16.2 Å². The van der Waals surface area contributed by atoms with Gasteiger partial charge in [0.15, 0.2) is 5.16 Å². The zero-order valence-electron chi connectivity index (χ0n) is 17.2. The van der Waals surface area contributed by atoms with E-state index < -0.39 is 5.91 Å². The minimum absolute atomic E-state index is 0.00270. The number of benzene rings is 3. The van der Waals surface area contributed by atoms with Gasteiger partial charge in [-0.2, -0.15) is 5.10 Å². The van der Waals surface area contributed by atoms with Gasteiger partial charge in [0.1, 0.15) is 5.75 Å². The standard InChI is InChI=1S/C23H15Br2ClN4O3S/c24-14-9-13(21(32)18(25)10-14)11-27-29-20(31)12-34-23-28-19-4-2-1-3-17(19)22(33)30(23)16-7-5-15(26)6-8-16/h1-11,32H,12H2,(H,29,31)/b27-11+. The molecule has 0 aliphatic rings. The highest BCUT2D eigenvalue weighted by atomic mass is 79.9. The fourth-order valence-corrected chi connectivity index (χ4v) is 5.24. The molecule has 0 saturated carbocycles. The van der Waals surface area contributed by atoms with Crippen molar-refractivity contribution in [2.75, 3.05) is 5.75 Å². The summed E-state index contributed by atoms with van der Waals surface area (Å²) >= 11 is 13.7. The largest absolute Gasteiger partial charge is 0.506 e. The summed E-state index contributed by atoms with van der Waals surface area (Å²) in [7, 11) is 0. The number of phenols is 1. The highest BCUT2D eigenvalue weighted by molar-refractivity contribution is 9.11. The zero-order valence-corrected chi connectivity index (χ0v) is 21.9. The third kappa shape index (κ3) is 5.52. The van der Waals surface area contributed by atoms with E-state index in [4.69, 9.17) is 11.6 Å². The molecule has 0 unspecified atom stereocenters. The normalized spacial score (nSPS) is 11.3. The lowest BCUT2D eigenvalue weighted by Gasteiger charge is -2.13. The van der Waals surface area contributed by atoms with Crippen LogP contribution in [0.15, 0.2) is 84.7 Å². The summed E-state index contributed by atoms with van der Waals surface area (Å²) < 4.78 is 2.69. The first-order valence-electron chi connectivity index (χ1n) is 9.74. The van der Waals surface area contributed by atoms with Crippen LogP contribution in [0.5, 0.6) is 5.75 Å². The van der Waals surface area contributed by atoms with Gasteiger partial charge in [-0.3, -0.25) is 14.2 Å². The van der Waals surface area contributed by atoms with Gasteiger partial charge >= 0.3 is 0 Å². The number of hydrazone groups is 1. The second-order valence-corrected chi connectivity index (χ2v) is 10.1. The molecule has 172 valence electrons. The summed E-state index contributed by atoms with van der Waals surface area (Å²) in [6.07, 6.45) is 1.34. The van der Waals surface area contributed by atoms with E-state index in [9.17, 15) is 14.7 Å². The van der Waals surface area contributed by atoms with Gasteiger partial charge in [-0.05, 0) is 64.5 Å².